The van der Waals surface area contributed by atoms with Gasteiger partial charge in [0, 0.05) is 17.0 Å². The van der Waals surface area contributed by atoms with Gasteiger partial charge in [0.25, 0.3) is 0 Å². The molecule has 0 aliphatic carbocycles. The Hall–Kier alpha value is -2.16. The van der Waals surface area contributed by atoms with Gasteiger partial charge in [-0.05, 0) is 23.6 Å². The molecule has 1 aromatic carbocycles. The van der Waals surface area contributed by atoms with E-state index in [4.69, 9.17) is 5.73 Å². The molecule has 0 radical (unpaired) electrons. The Morgan fingerprint density at radius 2 is 1.94 bits per heavy atom. The number of hydrogen-bond donors (Lipinski definition) is 1. The summed E-state index contributed by atoms with van der Waals surface area (Å²) in [7, 11) is 0. The van der Waals surface area contributed by atoms with Gasteiger partial charge in [0.05, 0.1) is 5.52 Å². The SMILES string of the molecule is CC(C)c1ccc2c(c1)nc(N)c1ncccc12. The Labute approximate surface area is 106 Å². The van der Waals surface area contributed by atoms with E-state index in [1.54, 1.807) is 6.20 Å². The van der Waals surface area contributed by atoms with Crippen molar-refractivity contribution >= 4 is 27.6 Å². The van der Waals surface area contributed by atoms with Gasteiger partial charge in [-0.3, -0.25) is 4.98 Å². The van der Waals surface area contributed by atoms with Crippen molar-refractivity contribution in [1.82, 2.24) is 9.97 Å². The number of fused-ring (bicyclic) bond motifs is 3. The van der Waals surface area contributed by atoms with Crippen LogP contribution in [0.25, 0.3) is 21.8 Å². The fourth-order valence-corrected chi connectivity index (χ4v) is 2.24. The molecule has 0 saturated carbocycles. The number of nitrogens with two attached hydrogens (primary N) is 1. The number of benzene rings is 1. The molecule has 2 heterocycles. The van der Waals surface area contributed by atoms with Crippen LogP contribution in [0.1, 0.15) is 25.3 Å². The maximum atomic E-state index is 5.97. The zero-order valence-electron chi connectivity index (χ0n) is 10.5. The van der Waals surface area contributed by atoms with Crippen molar-refractivity contribution in [1.29, 1.82) is 0 Å². The summed E-state index contributed by atoms with van der Waals surface area (Å²) >= 11 is 0. The maximum absolute atomic E-state index is 5.97. The third-order valence-electron chi connectivity index (χ3n) is 3.27. The molecule has 90 valence electrons. The molecule has 0 spiro atoms. The van der Waals surface area contributed by atoms with Gasteiger partial charge in [-0.15, -0.1) is 0 Å². The molecule has 0 aliphatic rings. The lowest BCUT2D eigenvalue weighted by molar-refractivity contribution is 0.868. The van der Waals surface area contributed by atoms with Crippen molar-refractivity contribution in [2.24, 2.45) is 0 Å². The predicted molar refractivity (Wildman–Crippen MR) is 75.5 cm³/mol. The van der Waals surface area contributed by atoms with Gasteiger partial charge in [-0.25, -0.2) is 4.98 Å². The van der Waals surface area contributed by atoms with Crippen LogP contribution >= 0.6 is 0 Å². The van der Waals surface area contributed by atoms with E-state index in [0.29, 0.717) is 11.7 Å². The molecule has 0 aliphatic heterocycles. The van der Waals surface area contributed by atoms with Crippen LogP contribution < -0.4 is 5.73 Å². The molecule has 3 heteroatoms. The van der Waals surface area contributed by atoms with Gasteiger partial charge in [0.1, 0.15) is 5.52 Å². The van der Waals surface area contributed by atoms with Crippen molar-refractivity contribution in [2.75, 3.05) is 5.73 Å². The van der Waals surface area contributed by atoms with Crippen molar-refractivity contribution in [3.05, 3.63) is 42.1 Å². The Kier molecular flexibility index (Phi) is 2.40. The first kappa shape index (κ1) is 11.0. The normalized spacial score (nSPS) is 11.5. The van der Waals surface area contributed by atoms with Gasteiger partial charge < -0.3 is 5.73 Å². The zero-order valence-corrected chi connectivity index (χ0v) is 10.5. The van der Waals surface area contributed by atoms with Crippen LogP contribution in [0, 0.1) is 0 Å². The summed E-state index contributed by atoms with van der Waals surface area (Å²) in [6.45, 7) is 4.35. The van der Waals surface area contributed by atoms with Gasteiger partial charge >= 0.3 is 0 Å². The first-order chi connectivity index (χ1) is 8.66. The van der Waals surface area contributed by atoms with Gasteiger partial charge in [0.2, 0.25) is 0 Å². The topological polar surface area (TPSA) is 51.8 Å². The highest BCUT2D eigenvalue weighted by Crippen LogP contribution is 2.28. The van der Waals surface area contributed by atoms with Gasteiger partial charge in [-0.1, -0.05) is 32.0 Å². The largest absolute Gasteiger partial charge is 0.382 e. The van der Waals surface area contributed by atoms with Crippen molar-refractivity contribution < 1.29 is 0 Å². The second kappa shape index (κ2) is 3.95. The number of rotatable bonds is 1. The third-order valence-corrected chi connectivity index (χ3v) is 3.27. The second-order valence-electron chi connectivity index (χ2n) is 4.83. The molecule has 3 rings (SSSR count). The minimum atomic E-state index is 0.488. The zero-order chi connectivity index (χ0) is 12.7. The molecule has 0 atom stereocenters. The van der Waals surface area contributed by atoms with E-state index in [1.165, 1.54) is 5.56 Å². The van der Waals surface area contributed by atoms with E-state index in [1.807, 2.05) is 12.1 Å². The summed E-state index contributed by atoms with van der Waals surface area (Å²) in [6, 6.07) is 10.3. The van der Waals surface area contributed by atoms with Crippen molar-refractivity contribution in [3.63, 3.8) is 0 Å². The third kappa shape index (κ3) is 1.59. The minimum Gasteiger partial charge on any atom is -0.382 e. The smallest absolute Gasteiger partial charge is 0.150 e. The number of aromatic nitrogens is 2. The average molecular weight is 237 g/mol. The number of anilines is 1. The van der Waals surface area contributed by atoms with Crippen molar-refractivity contribution in [2.45, 2.75) is 19.8 Å². The van der Waals surface area contributed by atoms with Gasteiger partial charge in [0.15, 0.2) is 5.82 Å². The molecule has 0 amide bonds. The Morgan fingerprint density at radius 1 is 1.11 bits per heavy atom. The average Bonchev–Trinajstić information content (AvgIpc) is 2.38. The highest BCUT2D eigenvalue weighted by Gasteiger charge is 2.08. The van der Waals surface area contributed by atoms with E-state index >= 15 is 0 Å². The van der Waals surface area contributed by atoms with Crippen molar-refractivity contribution in [3.8, 4) is 0 Å². The standard InChI is InChI=1S/C15H15N3/c1-9(2)10-5-6-11-12-4-3-7-17-14(12)15(16)18-13(11)8-10/h3-9H,1-2H3,(H2,16,18). The van der Waals surface area contributed by atoms with Crippen LogP contribution in [0.4, 0.5) is 5.82 Å². The molecular weight excluding hydrogens is 222 g/mol. The Balaban J connectivity index is 2.42. The molecular formula is C15H15N3. The summed E-state index contributed by atoms with van der Waals surface area (Å²) in [5, 5.41) is 2.17. The first-order valence-corrected chi connectivity index (χ1v) is 6.10. The van der Waals surface area contributed by atoms with Crippen LogP contribution in [0.2, 0.25) is 0 Å². The summed E-state index contributed by atoms with van der Waals surface area (Å²) in [5.74, 6) is 0.987. The summed E-state index contributed by atoms with van der Waals surface area (Å²) < 4.78 is 0. The summed E-state index contributed by atoms with van der Waals surface area (Å²) in [5.41, 5.74) is 8.97. The number of pyridine rings is 2. The van der Waals surface area contributed by atoms with E-state index in [2.05, 4.69) is 42.0 Å². The molecule has 0 fully saturated rings. The lowest BCUT2D eigenvalue weighted by atomic mass is 10.00. The second-order valence-corrected chi connectivity index (χ2v) is 4.83. The van der Waals surface area contributed by atoms with E-state index < -0.39 is 0 Å². The summed E-state index contributed by atoms with van der Waals surface area (Å²) in [4.78, 5) is 8.76. The number of nitrogens with zero attached hydrogens (tertiary/aromatic N) is 2. The first-order valence-electron chi connectivity index (χ1n) is 6.10. The van der Waals surface area contributed by atoms with Crippen LogP contribution in [-0.4, -0.2) is 9.97 Å². The fourth-order valence-electron chi connectivity index (χ4n) is 2.24. The minimum absolute atomic E-state index is 0.488. The maximum Gasteiger partial charge on any atom is 0.150 e. The van der Waals surface area contributed by atoms with E-state index in [0.717, 1.165) is 21.8 Å². The van der Waals surface area contributed by atoms with Crippen LogP contribution in [-0.2, 0) is 0 Å². The highest BCUT2D eigenvalue weighted by molar-refractivity contribution is 6.07. The lowest BCUT2D eigenvalue weighted by Crippen LogP contribution is -1.96. The molecule has 0 unspecified atom stereocenters. The molecule has 3 nitrogen and oxygen atoms in total. The van der Waals surface area contributed by atoms with E-state index in [9.17, 15) is 0 Å². The molecule has 3 aromatic rings. The number of hydrogen-bond acceptors (Lipinski definition) is 3. The van der Waals surface area contributed by atoms with Crippen LogP contribution in [0.5, 0.6) is 0 Å². The lowest BCUT2D eigenvalue weighted by Gasteiger charge is -2.09. The molecule has 0 bridgehead atoms. The Morgan fingerprint density at radius 3 is 2.72 bits per heavy atom. The molecule has 2 aromatic heterocycles. The van der Waals surface area contributed by atoms with Crippen LogP contribution in [0.15, 0.2) is 36.5 Å². The number of nitrogen functional groups attached to an aromatic ring is 1. The molecule has 2 N–H and O–H groups in total. The van der Waals surface area contributed by atoms with Gasteiger partial charge in [-0.2, -0.15) is 0 Å². The summed E-state index contributed by atoms with van der Waals surface area (Å²) in [6.07, 6.45) is 1.74. The fraction of sp³-hybridized carbons (Fsp3) is 0.200. The molecule has 18 heavy (non-hydrogen) atoms. The highest BCUT2D eigenvalue weighted by atomic mass is 14.9. The van der Waals surface area contributed by atoms with E-state index in [-0.39, 0.29) is 0 Å². The predicted octanol–water partition coefficient (Wildman–Crippen LogP) is 3.49. The Bertz CT molecular complexity index is 732. The van der Waals surface area contributed by atoms with Crippen LogP contribution in [0.3, 0.4) is 0 Å². The monoisotopic (exact) mass is 237 g/mol. The molecule has 0 saturated heterocycles. The quantitative estimate of drug-likeness (QED) is 0.659.